The summed E-state index contributed by atoms with van der Waals surface area (Å²) in [5.41, 5.74) is -0.420. The maximum Gasteiger partial charge on any atom is 0.0859 e. The Morgan fingerprint density at radius 2 is 1.39 bits per heavy atom. The summed E-state index contributed by atoms with van der Waals surface area (Å²) >= 11 is 0. The molecule has 0 aliphatic heterocycles. The van der Waals surface area contributed by atoms with E-state index in [1.807, 2.05) is 13.8 Å². The van der Waals surface area contributed by atoms with E-state index in [2.05, 4.69) is 34.6 Å². The standard InChI is InChI=1S/C16H34O2/c1-12(2)8-14(5)10-15(9-13(3)4)18-16(6,7)11-17/h12-15,17H,8-11H2,1-7H3. The van der Waals surface area contributed by atoms with Gasteiger partial charge in [-0.3, -0.25) is 0 Å². The molecule has 0 aromatic heterocycles. The average molecular weight is 258 g/mol. The highest BCUT2D eigenvalue weighted by Gasteiger charge is 2.25. The molecule has 0 spiro atoms. The second-order valence-corrected chi connectivity index (χ2v) is 7.26. The number of ether oxygens (including phenoxy) is 1. The third-order valence-electron chi connectivity index (χ3n) is 3.14. The summed E-state index contributed by atoms with van der Waals surface area (Å²) < 4.78 is 6.10. The molecule has 0 rings (SSSR count). The Morgan fingerprint density at radius 3 is 1.78 bits per heavy atom. The van der Waals surface area contributed by atoms with Gasteiger partial charge >= 0.3 is 0 Å². The van der Waals surface area contributed by atoms with E-state index in [1.165, 1.54) is 6.42 Å². The summed E-state index contributed by atoms with van der Waals surface area (Å²) in [6.07, 6.45) is 3.68. The number of rotatable bonds is 9. The van der Waals surface area contributed by atoms with E-state index in [-0.39, 0.29) is 12.7 Å². The van der Waals surface area contributed by atoms with Gasteiger partial charge in [-0.1, -0.05) is 34.6 Å². The zero-order valence-electron chi connectivity index (χ0n) is 13.5. The summed E-state index contributed by atoms with van der Waals surface area (Å²) in [6.45, 7) is 15.3. The van der Waals surface area contributed by atoms with Crippen molar-refractivity contribution in [3.63, 3.8) is 0 Å². The molecule has 2 heteroatoms. The highest BCUT2D eigenvalue weighted by molar-refractivity contribution is 4.73. The van der Waals surface area contributed by atoms with Crippen LogP contribution >= 0.6 is 0 Å². The van der Waals surface area contributed by atoms with Gasteiger partial charge in [-0.15, -0.1) is 0 Å². The molecular formula is C16H34O2. The molecule has 0 bridgehead atoms. The van der Waals surface area contributed by atoms with Crippen molar-refractivity contribution in [3.05, 3.63) is 0 Å². The molecule has 0 aromatic carbocycles. The molecule has 0 heterocycles. The summed E-state index contributed by atoms with van der Waals surface area (Å²) in [5, 5.41) is 9.33. The molecule has 2 unspecified atom stereocenters. The Labute approximate surface area is 114 Å². The van der Waals surface area contributed by atoms with Gasteiger partial charge in [-0.25, -0.2) is 0 Å². The SMILES string of the molecule is CC(C)CC(C)CC(CC(C)C)OC(C)(C)CO. The second-order valence-electron chi connectivity index (χ2n) is 7.26. The van der Waals surface area contributed by atoms with Gasteiger partial charge in [0.15, 0.2) is 0 Å². The van der Waals surface area contributed by atoms with Gasteiger partial charge in [-0.2, -0.15) is 0 Å². The van der Waals surface area contributed by atoms with Gasteiger partial charge in [0.2, 0.25) is 0 Å². The van der Waals surface area contributed by atoms with Crippen LogP contribution < -0.4 is 0 Å². The lowest BCUT2D eigenvalue weighted by Gasteiger charge is -2.32. The molecule has 0 amide bonds. The van der Waals surface area contributed by atoms with Gasteiger partial charge in [0.1, 0.15) is 0 Å². The minimum atomic E-state index is -0.420. The predicted molar refractivity (Wildman–Crippen MR) is 78.7 cm³/mol. The van der Waals surface area contributed by atoms with Crippen LogP contribution in [0, 0.1) is 17.8 Å². The zero-order chi connectivity index (χ0) is 14.3. The number of aliphatic hydroxyl groups is 1. The fourth-order valence-electron chi connectivity index (χ4n) is 2.56. The van der Waals surface area contributed by atoms with Crippen LogP contribution in [0.3, 0.4) is 0 Å². The van der Waals surface area contributed by atoms with Crippen LogP contribution in [-0.2, 0) is 4.74 Å². The topological polar surface area (TPSA) is 29.5 Å². The zero-order valence-corrected chi connectivity index (χ0v) is 13.5. The third kappa shape index (κ3) is 8.93. The molecule has 18 heavy (non-hydrogen) atoms. The van der Waals surface area contributed by atoms with Crippen molar-refractivity contribution in [1.82, 2.24) is 0 Å². The maximum absolute atomic E-state index is 9.33. The summed E-state index contributed by atoms with van der Waals surface area (Å²) in [4.78, 5) is 0. The van der Waals surface area contributed by atoms with Crippen molar-refractivity contribution in [3.8, 4) is 0 Å². The van der Waals surface area contributed by atoms with Crippen LogP contribution in [0.15, 0.2) is 0 Å². The Hall–Kier alpha value is -0.0800. The van der Waals surface area contributed by atoms with E-state index in [1.54, 1.807) is 0 Å². The minimum absolute atomic E-state index is 0.0835. The van der Waals surface area contributed by atoms with Crippen molar-refractivity contribution >= 4 is 0 Å². The first-order chi connectivity index (χ1) is 8.16. The van der Waals surface area contributed by atoms with Crippen LogP contribution in [0.1, 0.15) is 67.7 Å². The van der Waals surface area contributed by atoms with Crippen molar-refractivity contribution in [1.29, 1.82) is 0 Å². The minimum Gasteiger partial charge on any atom is -0.393 e. The first kappa shape index (κ1) is 17.9. The van der Waals surface area contributed by atoms with E-state index in [0.717, 1.165) is 18.8 Å². The molecule has 0 radical (unpaired) electrons. The van der Waals surface area contributed by atoms with E-state index >= 15 is 0 Å². The van der Waals surface area contributed by atoms with Gasteiger partial charge in [0.25, 0.3) is 0 Å². The highest BCUT2D eigenvalue weighted by atomic mass is 16.5. The molecule has 1 N–H and O–H groups in total. The van der Waals surface area contributed by atoms with Crippen LogP contribution in [0.25, 0.3) is 0 Å². The van der Waals surface area contributed by atoms with Crippen LogP contribution in [0.2, 0.25) is 0 Å². The molecule has 110 valence electrons. The number of aliphatic hydroxyl groups excluding tert-OH is 1. The smallest absolute Gasteiger partial charge is 0.0859 e. The Morgan fingerprint density at radius 1 is 0.889 bits per heavy atom. The molecule has 0 saturated carbocycles. The van der Waals surface area contributed by atoms with E-state index in [9.17, 15) is 5.11 Å². The van der Waals surface area contributed by atoms with E-state index in [0.29, 0.717) is 11.8 Å². The lowest BCUT2D eigenvalue weighted by Crippen LogP contribution is -2.35. The lowest BCUT2D eigenvalue weighted by atomic mass is 9.90. The van der Waals surface area contributed by atoms with Crippen molar-refractivity contribution in [2.75, 3.05) is 6.61 Å². The largest absolute Gasteiger partial charge is 0.393 e. The average Bonchev–Trinajstić information content (AvgIpc) is 2.14. The third-order valence-corrected chi connectivity index (χ3v) is 3.14. The highest BCUT2D eigenvalue weighted by Crippen LogP contribution is 2.25. The molecule has 2 atom stereocenters. The maximum atomic E-state index is 9.33. The van der Waals surface area contributed by atoms with Gasteiger partial charge in [-0.05, 0) is 50.9 Å². The first-order valence-electron chi connectivity index (χ1n) is 7.45. The van der Waals surface area contributed by atoms with Crippen molar-refractivity contribution < 1.29 is 9.84 Å². The van der Waals surface area contributed by atoms with Gasteiger partial charge in [0, 0.05) is 0 Å². The summed E-state index contributed by atoms with van der Waals surface area (Å²) in [5.74, 6) is 2.06. The Balaban J connectivity index is 4.39. The first-order valence-corrected chi connectivity index (χ1v) is 7.45. The molecule has 0 aliphatic rings. The Kier molecular flexibility index (Phi) is 8.13. The number of hydrogen-bond acceptors (Lipinski definition) is 2. The number of hydrogen-bond donors (Lipinski definition) is 1. The molecule has 0 aliphatic carbocycles. The fourth-order valence-corrected chi connectivity index (χ4v) is 2.56. The fraction of sp³-hybridized carbons (Fsp3) is 1.00. The van der Waals surface area contributed by atoms with Gasteiger partial charge < -0.3 is 9.84 Å². The van der Waals surface area contributed by atoms with E-state index < -0.39 is 5.60 Å². The molecule has 2 nitrogen and oxygen atoms in total. The summed E-state index contributed by atoms with van der Waals surface area (Å²) in [7, 11) is 0. The van der Waals surface area contributed by atoms with E-state index in [4.69, 9.17) is 4.74 Å². The van der Waals surface area contributed by atoms with Crippen LogP contribution in [-0.4, -0.2) is 23.4 Å². The molecular weight excluding hydrogens is 224 g/mol. The molecule has 0 aromatic rings. The normalized spacial score (nSPS) is 16.3. The Bertz CT molecular complexity index is 209. The quantitative estimate of drug-likeness (QED) is 0.669. The van der Waals surface area contributed by atoms with Crippen molar-refractivity contribution in [2.24, 2.45) is 17.8 Å². The van der Waals surface area contributed by atoms with Crippen LogP contribution in [0.5, 0.6) is 0 Å². The monoisotopic (exact) mass is 258 g/mol. The summed E-state index contributed by atoms with van der Waals surface area (Å²) in [6, 6.07) is 0. The second kappa shape index (κ2) is 8.16. The molecule has 0 saturated heterocycles. The van der Waals surface area contributed by atoms with Crippen LogP contribution in [0.4, 0.5) is 0 Å². The predicted octanol–water partition coefficient (Wildman–Crippen LogP) is 4.26. The van der Waals surface area contributed by atoms with Gasteiger partial charge in [0.05, 0.1) is 18.3 Å². The lowest BCUT2D eigenvalue weighted by molar-refractivity contribution is -0.110. The van der Waals surface area contributed by atoms with Crippen molar-refractivity contribution in [2.45, 2.75) is 79.4 Å². The molecule has 0 fully saturated rings.